The molecule has 21 heavy (non-hydrogen) atoms. The van der Waals surface area contributed by atoms with Crippen molar-refractivity contribution in [3.8, 4) is 17.2 Å². The summed E-state index contributed by atoms with van der Waals surface area (Å²) in [5.74, 6) is 1.40. The van der Waals surface area contributed by atoms with Crippen molar-refractivity contribution in [2.45, 2.75) is 18.2 Å². The summed E-state index contributed by atoms with van der Waals surface area (Å²) in [6.07, 6.45) is 1.63. The summed E-state index contributed by atoms with van der Waals surface area (Å²) in [5.41, 5.74) is 0.525. The Morgan fingerprint density at radius 3 is 2.05 bits per heavy atom. The van der Waals surface area contributed by atoms with Crippen molar-refractivity contribution in [1.29, 1.82) is 0 Å². The van der Waals surface area contributed by atoms with Crippen molar-refractivity contribution in [3.05, 3.63) is 17.7 Å². The molecule has 2 rings (SSSR count). The lowest BCUT2D eigenvalue weighted by atomic mass is 10.1. The van der Waals surface area contributed by atoms with Crippen LogP contribution in [-0.4, -0.2) is 50.6 Å². The molecule has 0 radical (unpaired) electrons. The molecular formula is C15H20ClNO4. The highest BCUT2D eigenvalue weighted by atomic mass is 35.5. The summed E-state index contributed by atoms with van der Waals surface area (Å²) in [5, 5.41) is 0.161. The van der Waals surface area contributed by atoms with E-state index in [9.17, 15) is 4.79 Å². The van der Waals surface area contributed by atoms with Crippen LogP contribution in [0.3, 0.4) is 0 Å². The molecule has 116 valence electrons. The second kappa shape index (κ2) is 6.89. The number of rotatable bonds is 4. The number of benzene rings is 1. The van der Waals surface area contributed by atoms with Crippen LogP contribution in [0.4, 0.5) is 0 Å². The Balaban J connectivity index is 2.28. The van der Waals surface area contributed by atoms with Gasteiger partial charge in [-0.15, -0.1) is 11.6 Å². The van der Waals surface area contributed by atoms with Gasteiger partial charge < -0.3 is 19.1 Å². The zero-order chi connectivity index (χ0) is 15.4. The first-order valence-corrected chi connectivity index (χ1v) is 7.27. The van der Waals surface area contributed by atoms with Crippen LogP contribution in [-0.2, 0) is 0 Å². The Morgan fingerprint density at radius 2 is 1.62 bits per heavy atom. The number of halogens is 1. The van der Waals surface area contributed by atoms with Crippen LogP contribution >= 0.6 is 11.6 Å². The van der Waals surface area contributed by atoms with Crippen LogP contribution in [0.15, 0.2) is 12.1 Å². The summed E-state index contributed by atoms with van der Waals surface area (Å²) in [4.78, 5) is 14.4. The van der Waals surface area contributed by atoms with Gasteiger partial charge in [-0.1, -0.05) is 0 Å². The number of hydrogen-bond donors (Lipinski definition) is 0. The molecule has 1 amide bonds. The number of nitrogens with zero attached hydrogens (tertiary/aromatic N) is 1. The maximum atomic E-state index is 12.6. The summed E-state index contributed by atoms with van der Waals surface area (Å²) in [7, 11) is 4.60. The van der Waals surface area contributed by atoms with Crippen LogP contribution in [0.2, 0.25) is 0 Å². The number of carbonyl (C=O) groups excluding carboxylic acids is 1. The molecule has 1 heterocycles. The zero-order valence-corrected chi connectivity index (χ0v) is 13.3. The SMILES string of the molecule is COc1cc(C(=O)N2CCC(Cl)CC2)cc(OC)c1OC. The average Bonchev–Trinajstić information content (AvgIpc) is 2.53. The summed E-state index contributed by atoms with van der Waals surface area (Å²) in [6, 6.07) is 3.35. The standard InChI is InChI=1S/C15H20ClNO4/c1-19-12-8-10(9-13(20-2)14(12)21-3)15(18)17-6-4-11(16)5-7-17/h8-9,11H,4-7H2,1-3H3. The van der Waals surface area contributed by atoms with Crippen LogP contribution < -0.4 is 14.2 Å². The minimum atomic E-state index is -0.0437. The van der Waals surface area contributed by atoms with Gasteiger partial charge in [0.05, 0.1) is 21.3 Å². The molecule has 6 heteroatoms. The fourth-order valence-corrected chi connectivity index (χ4v) is 2.63. The maximum Gasteiger partial charge on any atom is 0.254 e. The van der Waals surface area contributed by atoms with Crippen molar-refractivity contribution in [2.24, 2.45) is 0 Å². The highest BCUT2D eigenvalue weighted by Crippen LogP contribution is 2.38. The monoisotopic (exact) mass is 313 g/mol. The number of hydrogen-bond acceptors (Lipinski definition) is 4. The van der Waals surface area contributed by atoms with Gasteiger partial charge in [0, 0.05) is 24.0 Å². The van der Waals surface area contributed by atoms with Gasteiger partial charge in [0.1, 0.15) is 0 Å². The first kappa shape index (κ1) is 15.8. The number of likely N-dealkylation sites (tertiary alicyclic amines) is 1. The molecule has 1 aliphatic heterocycles. The van der Waals surface area contributed by atoms with E-state index in [2.05, 4.69) is 0 Å². The first-order chi connectivity index (χ1) is 10.1. The molecule has 1 aliphatic rings. The topological polar surface area (TPSA) is 48.0 Å². The minimum Gasteiger partial charge on any atom is -0.493 e. The molecule has 0 aliphatic carbocycles. The molecule has 0 spiro atoms. The van der Waals surface area contributed by atoms with Crippen molar-refractivity contribution >= 4 is 17.5 Å². The van der Waals surface area contributed by atoms with E-state index < -0.39 is 0 Å². The summed E-state index contributed by atoms with van der Waals surface area (Å²) < 4.78 is 15.8. The fraction of sp³-hybridized carbons (Fsp3) is 0.533. The average molecular weight is 314 g/mol. The van der Waals surface area contributed by atoms with E-state index in [1.807, 2.05) is 0 Å². The molecule has 0 N–H and O–H groups in total. The molecule has 1 aromatic carbocycles. The quantitative estimate of drug-likeness (QED) is 0.802. The van der Waals surface area contributed by atoms with Crippen LogP contribution in [0, 0.1) is 0 Å². The number of methoxy groups -OCH3 is 3. The molecule has 1 saturated heterocycles. The summed E-state index contributed by atoms with van der Waals surface area (Å²) >= 11 is 6.07. The van der Waals surface area contributed by atoms with Crippen LogP contribution in [0.25, 0.3) is 0 Å². The number of alkyl halides is 1. The van der Waals surface area contributed by atoms with E-state index >= 15 is 0 Å². The molecule has 0 atom stereocenters. The van der Waals surface area contributed by atoms with Gasteiger partial charge in [-0.25, -0.2) is 0 Å². The van der Waals surface area contributed by atoms with Crippen LogP contribution in [0.1, 0.15) is 23.2 Å². The molecular weight excluding hydrogens is 294 g/mol. The molecule has 5 nitrogen and oxygen atoms in total. The minimum absolute atomic E-state index is 0.0437. The van der Waals surface area contributed by atoms with Gasteiger partial charge in [-0.3, -0.25) is 4.79 Å². The fourth-order valence-electron chi connectivity index (χ4n) is 2.44. The van der Waals surface area contributed by atoms with Crippen LogP contribution in [0.5, 0.6) is 17.2 Å². The van der Waals surface area contributed by atoms with Gasteiger partial charge in [-0.2, -0.15) is 0 Å². The Hall–Kier alpha value is -1.62. The Morgan fingerprint density at radius 1 is 1.10 bits per heavy atom. The molecule has 1 fully saturated rings. The molecule has 1 aromatic rings. The number of piperidine rings is 1. The van der Waals surface area contributed by atoms with Crippen molar-refractivity contribution in [2.75, 3.05) is 34.4 Å². The Labute approximate surface area is 129 Å². The Bertz CT molecular complexity index is 487. The summed E-state index contributed by atoms with van der Waals surface area (Å²) in [6.45, 7) is 1.34. The van der Waals surface area contributed by atoms with Crippen molar-refractivity contribution < 1.29 is 19.0 Å². The normalized spacial score (nSPS) is 15.7. The first-order valence-electron chi connectivity index (χ1n) is 6.84. The molecule has 0 unspecified atom stereocenters. The van der Waals surface area contributed by atoms with Gasteiger partial charge in [-0.05, 0) is 25.0 Å². The van der Waals surface area contributed by atoms with Crippen molar-refractivity contribution in [1.82, 2.24) is 4.90 Å². The molecule has 0 aromatic heterocycles. The second-order valence-corrected chi connectivity index (χ2v) is 5.50. The predicted octanol–water partition coefficient (Wildman–Crippen LogP) is 2.56. The van der Waals surface area contributed by atoms with Gasteiger partial charge in [0.2, 0.25) is 5.75 Å². The van der Waals surface area contributed by atoms with E-state index in [0.717, 1.165) is 12.8 Å². The van der Waals surface area contributed by atoms with Gasteiger partial charge in [0.25, 0.3) is 5.91 Å². The largest absolute Gasteiger partial charge is 0.493 e. The number of ether oxygens (including phenoxy) is 3. The lowest BCUT2D eigenvalue weighted by Crippen LogP contribution is -2.38. The highest BCUT2D eigenvalue weighted by molar-refractivity contribution is 6.20. The second-order valence-electron chi connectivity index (χ2n) is 4.88. The van der Waals surface area contributed by atoms with E-state index in [0.29, 0.717) is 35.9 Å². The molecule has 0 bridgehead atoms. The third-order valence-electron chi connectivity index (χ3n) is 3.62. The predicted molar refractivity (Wildman–Crippen MR) is 80.9 cm³/mol. The third-order valence-corrected chi connectivity index (χ3v) is 4.06. The highest BCUT2D eigenvalue weighted by Gasteiger charge is 2.24. The lowest BCUT2D eigenvalue weighted by molar-refractivity contribution is 0.0725. The lowest BCUT2D eigenvalue weighted by Gasteiger charge is -2.29. The van der Waals surface area contributed by atoms with E-state index in [4.69, 9.17) is 25.8 Å². The smallest absolute Gasteiger partial charge is 0.254 e. The van der Waals surface area contributed by atoms with E-state index in [-0.39, 0.29) is 11.3 Å². The van der Waals surface area contributed by atoms with E-state index in [1.54, 1.807) is 17.0 Å². The number of amides is 1. The van der Waals surface area contributed by atoms with E-state index in [1.165, 1.54) is 21.3 Å². The number of carbonyl (C=O) groups is 1. The third kappa shape index (κ3) is 3.35. The van der Waals surface area contributed by atoms with Crippen molar-refractivity contribution in [3.63, 3.8) is 0 Å². The zero-order valence-electron chi connectivity index (χ0n) is 12.5. The molecule has 0 saturated carbocycles. The van der Waals surface area contributed by atoms with Gasteiger partial charge >= 0.3 is 0 Å². The Kier molecular flexibility index (Phi) is 5.17. The maximum absolute atomic E-state index is 12.6. The van der Waals surface area contributed by atoms with Gasteiger partial charge in [0.15, 0.2) is 11.5 Å².